The number of halogens is 1. The Bertz CT molecular complexity index is 897. The number of para-hydroxylation sites is 1. The molecule has 0 radical (unpaired) electrons. The third kappa shape index (κ3) is 2.31. The minimum absolute atomic E-state index is 0.125. The monoisotopic (exact) mass is 341 g/mol. The number of hydrogen-bond donors (Lipinski definition) is 2. The molecular formula is C18H16FN3O3. The minimum Gasteiger partial charge on any atom is -0.494 e. The molecule has 128 valence electrons. The maximum Gasteiger partial charge on any atom is 0.255 e. The fourth-order valence-electron chi connectivity index (χ4n) is 3.49. The van der Waals surface area contributed by atoms with Crippen LogP contribution in [-0.4, -0.2) is 30.5 Å². The second kappa shape index (κ2) is 5.77. The SMILES string of the molecule is COc1cc(C2NC(=O)c3cccc4c3N2CCC4=NO)ccc1F. The molecule has 0 aliphatic carbocycles. The van der Waals surface area contributed by atoms with Gasteiger partial charge in [0.2, 0.25) is 0 Å². The third-order valence-electron chi connectivity index (χ3n) is 4.66. The van der Waals surface area contributed by atoms with E-state index >= 15 is 0 Å². The van der Waals surface area contributed by atoms with Gasteiger partial charge in [-0.05, 0) is 23.8 Å². The second-order valence-electron chi connectivity index (χ2n) is 5.96. The van der Waals surface area contributed by atoms with Crippen molar-refractivity contribution in [1.82, 2.24) is 5.32 Å². The summed E-state index contributed by atoms with van der Waals surface area (Å²) < 4.78 is 18.8. The molecule has 0 fully saturated rings. The summed E-state index contributed by atoms with van der Waals surface area (Å²) in [5.74, 6) is -0.552. The quantitative estimate of drug-likeness (QED) is 0.651. The molecule has 0 saturated heterocycles. The van der Waals surface area contributed by atoms with E-state index in [0.29, 0.717) is 24.2 Å². The van der Waals surface area contributed by atoms with Crippen LogP contribution in [0.5, 0.6) is 5.75 Å². The largest absolute Gasteiger partial charge is 0.494 e. The number of hydrogen-bond acceptors (Lipinski definition) is 5. The molecule has 2 aromatic carbocycles. The van der Waals surface area contributed by atoms with E-state index in [1.807, 2.05) is 11.0 Å². The number of carbonyl (C=O) groups is 1. The first-order chi connectivity index (χ1) is 12.1. The van der Waals surface area contributed by atoms with Crippen molar-refractivity contribution in [3.63, 3.8) is 0 Å². The van der Waals surface area contributed by atoms with Gasteiger partial charge in [0, 0.05) is 18.5 Å². The molecule has 2 aliphatic rings. The highest BCUT2D eigenvalue weighted by Gasteiger charge is 2.37. The normalized spacial score (nSPS) is 20.2. The van der Waals surface area contributed by atoms with E-state index in [-0.39, 0.29) is 11.7 Å². The smallest absolute Gasteiger partial charge is 0.255 e. The Labute approximate surface area is 143 Å². The van der Waals surface area contributed by atoms with E-state index in [1.165, 1.54) is 13.2 Å². The van der Waals surface area contributed by atoms with Crippen molar-refractivity contribution in [3.05, 3.63) is 58.9 Å². The summed E-state index contributed by atoms with van der Waals surface area (Å²) in [5.41, 5.74) is 3.28. The molecule has 2 heterocycles. The zero-order valence-electron chi connectivity index (χ0n) is 13.5. The average Bonchev–Trinajstić information content (AvgIpc) is 2.65. The number of carbonyl (C=O) groups excluding carboxylic acids is 1. The van der Waals surface area contributed by atoms with E-state index in [0.717, 1.165) is 16.8 Å². The molecule has 1 atom stereocenters. The average molecular weight is 341 g/mol. The van der Waals surface area contributed by atoms with Crippen LogP contribution >= 0.6 is 0 Å². The first-order valence-electron chi connectivity index (χ1n) is 7.89. The summed E-state index contributed by atoms with van der Waals surface area (Å²) >= 11 is 0. The summed E-state index contributed by atoms with van der Waals surface area (Å²) in [5, 5.41) is 15.6. The Hall–Kier alpha value is -3.09. The number of amides is 1. The molecule has 0 aromatic heterocycles. The van der Waals surface area contributed by atoms with Gasteiger partial charge < -0.3 is 20.2 Å². The lowest BCUT2D eigenvalue weighted by molar-refractivity contribution is 0.0926. The number of oxime groups is 1. The van der Waals surface area contributed by atoms with Gasteiger partial charge in [-0.25, -0.2) is 4.39 Å². The number of nitrogens with one attached hydrogen (secondary N) is 1. The van der Waals surface area contributed by atoms with Crippen LogP contribution in [0.25, 0.3) is 0 Å². The zero-order valence-corrected chi connectivity index (χ0v) is 13.5. The molecule has 1 unspecified atom stereocenters. The Balaban J connectivity index is 1.86. The molecule has 0 saturated carbocycles. The van der Waals surface area contributed by atoms with Gasteiger partial charge in [0.25, 0.3) is 5.91 Å². The van der Waals surface area contributed by atoms with Gasteiger partial charge in [-0.1, -0.05) is 23.4 Å². The number of benzene rings is 2. The highest BCUT2D eigenvalue weighted by Crippen LogP contribution is 2.40. The highest BCUT2D eigenvalue weighted by atomic mass is 19.1. The van der Waals surface area contributed by atoms with Crippen LogP contribution < -0.4 is 15.0 Å². The topological polar surface area (TPSA) is 74.2 Å². The van der Waals surface area contributed by atoms with Crippen molar-refractivity contribution in [2.45, 2.75) is 12.6 Å². The number of nitrogens with zero attached hydrogens (tertiary/aromatic N) is 2. The maximum atomic E-state index is 13.7. The predicted molar refractivity (Wildman–Crippen MR) is 89.9 cm³/mol. The minimum atomic E-state index is -0.456. The van der Waals surface area contributed by atoms with Crippen LogP contribution in [0.4, 0.5) is 10.1 Å². The van der Waals surface area contributed by atoms with Crippen molar-refractivity contribution in [1.29, 1.82) is 0 Å². The fraction of sp³-hybridized carbons (Fsp3) is 0.222. The van der Waals surface area contributed by atoms with E-state index < -0.39 is 12.0 Å². The summed E-state index contributed by atoms with van der Waals surface area (Å²) in [6.07, 6.45) is 0.0911. The van der Waals surface area contributed by atoms with Crippen LogP contribution in [0.2, 0.25) is 0 Å². The van der Waals surface area contributed by atoms with Gasteiger partial charge in [-0.2, -0.15) is 0 Å². The molecule has 6 nitrogen and oxygen atoms in total. The van der Waals surface area contributed by atoms with Gasteiger partial charge >= 0.3 is 0 Å². The second-order valence-corrected chi connectivity index (χ2v) is 5.96. The Morgan fingerprint density at radius 3 is 2.88 bits per heavy atom. The molecular weight excluding hydrogens is 325 g/mol. The fourth-order valence-corrected chi connectivity index (χ4v) is 3.49. The lowest BCUT2D eigenvalue weighted by atomic mass is 9.92. The molecule has 2 aromatic rings. The Morgan fingerprint density at radius 1 is 1.32 bits per heavy atom. The Morgan fingerprint density at radius 2 is 2.12 bits per heavy atom. The number of anilines is 1. The van der Waals surface area contributed by atoms with E-state index in [1.54, 1.807) is 24.3 Å². The lowest BCUT2D eigenvalue weighted by Crippen LogP contribution is -2.49. The molecule has 2 aliphatic heterocycles. The van der Waals surface area contributed by atoms with Gasteiger partial charge in [-0.3, -0.25) is 4.79 Å². The third-order valence-corrected chi connectivity index (χ3v) is 4.66. The van der Waals surface area contributed by atoms with Gasteiger partial charge in [0.05, 0.1) is 24.1 Å². The summed E-state index contributed by atoms with van der Waals surface area (Å²) in [6, 6.07) is 9.88. The Kier molecular flexibility index (Phi) is 3.56. The molecule has 0 bridgehead atoms. The number of ether oxygens (including phenoxy) is 1. The first-order valence-corrected chi connectivity index (χ1v) is 7.89. The van der Waals surface area contributed by atoms with Crippen LogP contribution in [0.15, 0.2) is 41.6 Å². The molecule has 0 spiro atoms. The van der Waals surface area contributed by atoms with Gasteiger partial charge in [0.1, 0.15) is 6.17 Å². The lowest BCUT2D eigenvalue weighted by Gasteiger charge is -2.42. The van der Waals surface area contributed by atoms with Crippen LogP contribution in [-0.2, 0) is 0 Å². The van der Waals surface area contributed by atoms with Crippen molar-refractivity contribution < 1.29 is 19.1 Å². The summed E-state index contributed by atoms with van der Waals surface area (Å²) in [6.45, 7) is 0.564. The first kappa shape index (κ1) is 15.4. The summed E-state index contributed by atoms with van der Waals surface area (Å²) in [4.78, 5) is 14.6. The van der Waals surface area contributed by atoms with Gasteiger partial charge in [0.15, 0.2) is 11.6 Å². The van der Waals surface area contributed by atoms with Crippen molar-refractivity contribution in [3.8, 4) is 5.75 Å². The molecule has 4 rings (SSSR count). The van der Waals surface area contributed by atoms with E-state index in [9.17, 15) is 14.4 Å². The maximum absolute atomic E-state index is 13.7. The van der Waals surface area contributed by atoms with Crippen molar-refractivity contribution in [2.75, 3.05) is 18.6 Å². The van der Waals surface area contributed by atoms with Crippen molar-refractivity contribution in [2.24, 2.45) is 5.16 Å². The van der Waals surface area contributed by atoms with Crippen LogP contribution in [0.1, 0.15) is 34.1 Å². The molecule has 2 N–H and O–H groups in total. The van der Waals surface area contributed by atoms with Crippen molar-refractivity contribution >= 4 is 17.3 Å². The van der Waals surface area contributed by atoms with E-state index in [4.69, 9.17) is 4.74 Å². The zero-order chi connectivity index (χ0) is 17.6. The molecule has 1 amide bonds. The number of rotatable bonds is 2. The predicted octanol–water partition coefficient (Wildman–Crippen LogP) is 2.66. The van der Waals surface area contributed by atoms with Gasteiger partial charge in [-0.15, -0.1) is 0 Å². The highest BCUT2D eigenvalue weighted by molar-refractivity contribution is 6.13. The van der Waals surface area contributed by atoms with E-state index in [2.05, 4.69) is 10.5 Å². The van der Waals surface area contributed by atoms with Crippen LogP contribution in [0, 0.1) is 5.82 Å². The van der Waals surface area contributed by atoms with Crippen LogP contribution in [0.3, 0.4) is 0 Å². The molecule has 7 heteroatoms. The summed E-state index contributed by atoms with van der Waals surface area (Å²) in [7, 11) is 1.40. The molecule has 25 heavy (non-hydrogen) atoms. The standard InChI is InChI=1S/C18H16FN3O3/c1-25-15-9-10(5-6-13(15)19)17-20-18(23)12-4-2-3-11-14(21-24)7-8-22(17)16(11)12/h2-6,9,17,24H,7-8H2,1H3,(H,20,23). The number of methoxy groups -OCH3 is 1.